The minimum Gasteiger partial charge on any atom is -0.504 e. The van der Waals surface area contributed by atoms with Crippen LogP contribution in [0.5, 0.6) is 35.0 Å². The largest absolute Gasteiger partial charge is 0.504 e. The number of rotatable bonds is 7. The summed E-state index contributed by atoms with van der Waals surface area (Å²) in [5.74, 6) is -3.60. The Morgan fingerprint density at radius 3 is 2.46 bits per heavy atom. The van der Waals surface area contributed by atoms with Crippen molar-refractivity contribution in [2.45, 2.75) is 26.1 Å². The van der Waals surface area contributed by atoms with E-state index in [1.165, 1.54) is 32.3 Å². The van der Waals surface area contributed by atoms with Crippen LogP contribution in [0.3, 0.4) is 0 Å². The highest BCUT2D eigenvalue weighted by molar-refractivity contribution is 5.99. The van der Waals surface area contributed by atoms with E-state index in [-0.39, 0.29) is 45.9 Å². The van der Waals surface area contributed by atoms with E-state index < -0.39 is 47.3 Å². The van der Waals surface area contributed by atoms with Crippen molar-refractivity contribution in [3.05, 3.63) is 53.1 Å². The maximum Gasteiger partial charge on any atom is 0.416 e. The van der Waals surface area contributed by atoms with Gasteiger partial charge in [-0.2, -0.15) is 23.1 Å². The number of hydrogen-bond acceptors (Lipinski definition) is 9. The maximum atomic E-state index is 13.7. The number of halogens is 3. The number of aromatic hydroxyl groups is 1. The molecule has 1 unspecified atom stereocenters. The Morgan fingerprint density at radius 2 is 1.85 bits per heavy atom. The molecule has 0 fully saturated rings. The number of amidine groups is 1. The molecule has 12 nitrogen and oxygen atoms in total. The predicted octanol–water partition coefficient (Wildman–Crippen LogP) is 4.13. The van der Waals surface area contributed by atoms with Crippen molar-refractivity contribution in [3.63, 3.8) is 0 Å². The highest BCUT2D eigenvalue weighted by atomic mass is 19.4. The predicted molar refractivity (Wildman–Crippen MR) is 139 cm³/mol. The number of nitrogens with one attached hydrogen (secondary N) is 2. The summed E-state index contributed by atoms with van der Waals surface area (Å²) in [5, 5.41) is 20.4. The molecule has 1 aliphatic heterocycles. The number of phenolic OH excluding ortho intramolecular Hbond substituents is 1. The van der Waals surface area contributed by atoms with E-state index >= 15 is 0 Å². The van der Waals surface area contributed by atoms with Gasteiger partial charge in [-0.3, -0.25) is 15.0 Å². The van der Waals surface area contributed by atoms with Crippen molar-refractivity contribution in [3.8, 4) is 35.0 Å². The topological polar surface area (TPSA) is 173 Å². The zero-order valence-electron chi connectivity index (χ0n) is 22.2. The van der Waals surface area contributed by atoms with Crippen molar-refractivity contribution in [2.24, 2.45) is 11.7 Å². The second-order valence-electron chi connectivity index (χ2n) is 9.51. The molecule has 0 aliphatic carbocycles. The van der Waals surface area contributed by atoms with Gasteiger partial charge in [0, 0.05) is 25.2 Å². The maximum absolute atomic E-state index is 13.7. The lowest BCUT2D eigenvalue weighted by Gasteiger charge is -2.28. The van der Waals surface area contributed by atoms with Crippen LogP contribution in [0.15, 0.2) is 36.4 Å². The van der Waals surface area contributed by atoms with Gasteiger partial charge in [-0.1, -0.05) is 13.8 Å². The molecule has 0 bridgehead atoms. The van der Waals surface area contributed by atoms with Crippen LogP contribution in [-0.4, -0.2) is 57.8 Å². The molecule has 5 N–H and O–H groups in total. The Balaban J connectivity index is 1.84. The monoisotopic (exact) mass is 574 g/mol. The highest BCUT2D eigenvalue weighted by Crippen LogP contribution is 2.42. The van der Waals surface area contributed by atoms with Gasteiger partial charge in [-0.15, -0.1) is 0 Å². The Morgan fingerprint density at radius 1 is 1.15 bits per heavy atom. The molecular formula is C26H25F3N6O6. The van der Waals surface area contributed by atoms with E-state index in [0.717, 1.165) is 11.0 Å². The first-order valence-corrected chi connectivity index (χ1v) is 12.0. The van der Waals surface area contributed by atoms with Crippen molar-refractivity contribution >= 4 is 23.3 Å². The lowest BCUT2D eigenvalue weighted by atomic mass is 10.1. The first-order valence-electron chi connectivity index (χ1n) is 12.0. The second-order valence-corrected chi connectivity index (χ2v) is 9.51. The van der Waals surface area contributed by atoms with Gasteiger partial charge in [0.1, 0.15) is 11.6 Å². The third-order valence-electron chi connectivity index (χ3n) is 5.75. The van der Waals surface area contributed by atoms with E-state index in [1.807, 2.05) is 0 Å². The minimum absolute atomic E-state index is 0.196. The van der Waals surface area contributed by atoms with Crippen molar-refractivity contribution in [1.82, 2.24) is 14.9 Å². The normalized spacial score (nSPS) is 14.5. The molecule has 15 heteroatoms. The molecule has 4 rings (SSSR count). The zero-order valence-corrected chi connectivity index (χ0v) is 22.2. The molecule has 216 valence electrons. The number of carbonyl (C=O) groups is 2. The molecule has 1 aromatic heterocycles. The highest BCUT2D eigenvalue weighted by Gasteiger charge is 2.36. The van der Waals surface area contributed by atoms with Crippen molar-refractivity contribution < 1.29 is 42.1 Å². The third kappa shape index (κ3) is 6.23. The Kier molecular flexibility index (Phi) is 7.64. The fraction of sp³-hybridized carbons (Fsp3) is 0.269. The summed E-state index contributed by atoms with van der Waals surface area (Å²) < 4.78 is 58.1. The van der Waals surface area contributed by atoms with Gasteiger partial charge < -0.3 is 35.3 Å². The lowest BCUT2D eigenvalue weighted by Crippen LogP contribution is -2.41. The molecule has 0 saturated carbocycles. The molecule has 2 amide bonds. The molecule has 1 aliphatic rings. The van der Waals surface area contributed by atoms with Gasteiger partial charge in [-0.05, 0) is 42.3 Å². The fourth-order valence-electron chi connectivity index (χ4n) is 3.70. The van der Waals surface area contributed by atoms with Gasteiger partial charge in [0.25, 0.3) is 17.7 Å². The summed E-state index contributed by atoms with van der Waals surface area (Å²) in [5.41, 5.74) is 4.04. The standard InChI is InChI=1S/C26H25F3N6O6/c1-11(2)19-21(37)32-18-22(39-15-8-13(24(38)35(3)4)7-14(10-15)26(27,28)29)33-25(34-23(18)41-19)40-17-9-12(20(30)31)5-6-16(17)36/h5-11,19,36H,1-4H3,(H3,30,31)(H,32,37). The number of amides is 2. The van der Waals surface area contributed by atoms with Crippen LogP contribution in [0.2, 0.25) is 0 Å². The molecule has 0 spiro atoms. The number of hydrogen-bond donors (Lipinski definition) is 4. The quantitative estimate of drug-likeness (QED) is 0.239. The minimum atomic E-state index is -4.82. The summed E-state index contributed by atoms with van der Waals surface area (Å²) in [6, 6.07) is 5.78. The molecule has 1 atom stereocenters. The van der Waals surface area contributed by atoms with E-state index in [9.17, 15) is 27.9 Å². The summed E-state index contributed by atoms with van der Waals surface area (Å²) in [7, 11) is 2.75. The SMILES string of the molecule is CC(C)C1Oc2nc(Oc3cc(C(=N)N)ccc3O)nc(Oc3cc(C(=O)N(C)C)cc(C(F)(F)F)c3)c2NC1=O. The third-order valence-corrected chi connectivity index (χ3v) is 5.75. The molecule has 2 aromatic carbocycles. The lowest BCUT2D eigenvalue weighted by molar-refractivity contribution is -0.137. The average Bonchev–Trinajstić information content (AvgIpc) is 2.88. The van der Waals surface area contributed by atoms with Gasteiger partial charge in [0.05, 0.1) is 5.56 Å². The van der Waals surface area contributed by atoms with Crippen LogP contribution in [0.4, 0.5) is 18.9 Å². The van der Waals surface area contributed by atoms with Gasteiger partial charge >= 0.3 is 12.2 Å². The fourth-order valence-corrected chi connectivity index (χ4v) is 3.70. The number of anilines is 1. The number of nitrogens with two attached hydrogens (primary N) is 1. The van der Waals surface area contributed by atoms with Crippen LogP contribution in [0, 0.1) is 11.3 Å². The molecule has 3 aromatic rings. The smallest absolute Gasteiger partial charge is 0.416 e. The zero-order chi connectivity index (χ0) is 30.2. The first-order chi connectivity index (χ1) is 19.1. The number of carbonyl (C=O) groups excluding carboxylic acids is 2. The van der Waals surface area contributed by atoms with Gasteiger partial charge in [-0.25, -0.2) is 0 Å². The van der Waals surface area contributed by atoms with E-state index in [0.29, 0.717) is 12.1 Å². The van der Waals surface area contributed by atoms with Crippen LogP contribution >= 0.6 is 0 Å². The van der Waals surface area contributed by atoms with Gasteiger partial charge in [0.15, 0.2) is 23.3 Å². The Bertz CT molecular complexity index is 1540. The number of alkyl halides is 3. The number of ether oxygens (including phenoxy) is 3. The average molecular weight is 575 g/mol. The number of phenols is 1. The summed E-state index contributed by atoms with van der Waals surface area (Å²) in [4.78, 5) is 34.5. The molecule has 41 heavy (non-hydrogen) atoms. The summed E-state index contributed by atoms with van der Waals surface area (Å²) >= 11 is 0. The molecule has 0 radical (unpaired) electrons. The van der Waals surface area contributed by atoms with E-state index in [2.05, 4.69) is 15.3 Å². The van der Waals surface area contributed by atoms with Crippen LogP contribution in [0.25, 0.3) is 0 Å². The number of nitrogen functional groups attached to an aromatic ring is 1. The Labute approximate surface area is 231 Å². The molecule has 2 heterocycles. The van der Waals surface area contributed by atoms with Crippen LogP contribution in [0.1, 0.15) is 35.3 Å². The van der Waals surface area contributed by atoms with Crippen molar-refractivity contribution in [1.29, 1.82) is 5.41 Å². The van der Waals surface area contributed by atoms with E-state index in [4.69, 9.17) is 25.4 Å². The summed E-state index contributed by atoms with van der Waals surface area (Å²) in [6.45, 7) is 3.45. The summed E-state index contributed by atoms with van der Waals surface area (Å²) in [6.07, 6.45) is -5.80. The molecule has 0 saturated heterocycles. The van der Waals surface area contributed by atoms with E-state index in [1.54, 1.807) is 13.8 Å². The van der Waals surface area contributed by atoms with Crippen LogP contribution in [-0.2, 0) is 11.0 Å². The Hall–Kier alpha value is -5.08. The number of benzene rings is 2. The number of aromatic nitrogens is 2. The second kappa shape index (κ2) is 10.8. The number of nitrogens with zero attached hydrogens (tertiary/aromatic N) is 3. The number of fused-ring (bicyclic) bond motifs is 1. The molecular weight excluding hydrogens is 549 g/mol. The first kappa shape index (κ1) is 28.9. The van der Waals surface area contributed by atoms with Crippen molar-refractivity contribution in [2.75, 3.05) is 19.4 Å². The van der Waals surface area contributed by atoms with Crippen LogP contribution < -0.4 is 25.3 Å². The van der Waals surface area contributed by atoms with Gasteiger partial charge in [0.2, 0.25) is 5.88 Å².